The van der Waals surface area contributed by atoms with Crippen LogP contribution in [0, 0.1) is 13.8 Å². The van der Waals surface area contributed by atoms with E-state index in [0.29, 0.717) is 22.9 Å². The van der Waals surface area contributed by atoms with Gasteiger partial charge < -0.3 is 14.5 Å². The van der Waals surface area contributed by atoms with E-state index in [9.17, 15) is 4.79 Å². The van der Waals surface area contributed by atoms with Crippen molar-refractivity contribution in [1.29, 1.82) is 0 Å². The molecule has 8 heteroatoms. The summed E-state index contributed by atoms with van der Waals surface area (Å²) in [6.07, 6.45) is 1.67. The first kappa shape index (κ1) is 20.5. The highest BCUT2D eigenvalue weighted by Gasteiger charge is 2.12. The number of nitrogens with zero attached hydrogens (tertiary/aromatic N) is 2. The Bertz CT molecular complexity index is 1220. The van der Waals surface area contributed by atoms with Gasteiger partial charge >= 0.3 is 0 Å². The average molecular weight is 433 g/mol. The lowest BCUT2D eigenvalue weighted by molar-refractivity contribution is -0.121. The van der Waals surface area contributed by atoms with E-state index < -0.39 is 0 Å². The van der Waals surface area contributed by atoms with Crippen molar-refractivity contribution in [1.82, 2.24) is 15.3 Å². The van der Waals surface area contributed by atoms with Crippen LogP contribution in [0.1, 0.15) is 11.1 Å². The molecular weight excluding hydrogens is 412 g/mol. The molecule has 2 heterocycles. The van der Waals surface area contributed by atoms with Crippen molar-refractivity contribution in [2.75, 3.05) is 11.9 Å². The van der Waals surface area contributed by atoms with Crippen molar-refractivity contribution in [3.8, 4) is 17.2 Å². The number of carbonyl (C=O) groups excluding carboxylic acids is 1. The highest BCUT2D eigenvalue weighted by Crippen LogP contribution is 2.27. The monoisotopic (exact) mass is 432 g/mol. The van der Waals surface area contributed by atoms with Gasteiger partial charge in [-0.25, -0.2) is 4.98 Å². The number of aromatic nitrogens is 2. The summed E-state index contributed by atoms with van der Waals surface area (Å²) in [5.41, 5.74) is 4.73. The van der Waals surface area contributed by atoms with E-state index in [1.54, 1.807) is 12.3 Å². The molecule has 31 heavy (non-hydrogen) atoms. The molecule has 2 N–H and O–H groups in total. The highest BCUT2D eigenvalue weighted by molar-refractivity contribution is 7.80. The topological polar surface area (TPSA) is 89.3 Å². The highest BCUT2D eigenvalue weighted by atomic mass is 32.1. The molecule has 4 rings (SSSR count). The number of thiocarbonyl (C=S) groups is 1. The fourth-order valence-corrected chi connectivity index (χ4v) is 3.11. The van der Waals surface area contributed by atoms with Crippen molar-refractivity contribution in [2.24, 2.45) is 0 Å². The summed E-state index contributed by atoms with van der Waals surface area (Å²) in [7, 11) is 0. The van der Waals surface area contributed by atoms with E-state index in [4.69, 9.17) is 21.4 Å². The second-order valence-corrected chi connectivity index (χ2v) is 7.39. The molecule has 7 nitrogen and oxygen atoms in total. The minimum absolute atomic E-state index is 0.139. The van der Waals surface area contributed by atoms with Crippen LogP contribution in [0.4, 0.5) is 5.69 Å². The fraction of sp³-hybridized carbons (Fsp3) is 0.130. The lowest BCUT2D eigenvalue weighted by Gasteiger charge is -2.13. The van der Waals surface area contributed by atoms with Crippen LogP contribution < -0.4 is 15.4 Å². The smallest absolute Gasteiger partial charge is 0.264 e. The number of oxazole rings is 1. The third kappa shape index (κ3) is 5.04. The number of anilines is 1. The minimum Gasteiger partial charge on any atom is -0.484 e. The van der Waals surface area contributed by atoms with Crippen LogP contribution in [0.25, 0.3) is 22.7 Å². The number of rotatable bonds is 5. The summed E-state index contributed by atoms with van der Waals surface area (Å²) >= 11 is 5.28. The molecule has 0 spiro atoms. The van der Waals surface area contributed by atoms with Gasteiger partial charge in [0.2, 0.25) is 5.89 Å². The lowest BCUT2D eigenvalue weighted by atomic mass is 10.1. The standard InChI is InChI=1S/C23H20N4O3S/c1-14-5-9-17(10-6-14)29-13-20(28)26-23(31)25-18-12-16(8-7-15(18)2)22-27-21-19(30-22)4-3-11-24-21/h3-12H,13H2,1-2H3,(H2,25,26,28,31). The molecule has 156 valence electrons. The number of nitrogens with one attached hydrogen (secondary N) is 2. The average Bonchev–Trinajstić information content (AvgIpc) is 3.19. The maximum absolute atomic E-state index is 12.2. The van der Waals surface area contributed by atoms with Gasteiger partial charge in [0.25, 0.3) is 5.91 Å². The van der Waals surface area contributed by atoms with Crippen LogP contribution >= 0.6 is 12.2 Å². The van der Waals surface area contributed by atoms with Gasteiger partial charge in [-0.2, -0.15) is 4.98 Å². The molecule has 0 bridgehead atoms. The molecular formula is C23H20N4O3S. The van der Waals surface area contributed by atoms with E-state index in [0.717, 1.165) is 22.4 Å². The summed E-state index contributed by atoms with van der Waals surface area (Å²) in [6, 6.07) is 16.8. The Morgan fingerprint density at radius 3 is 2.71 bits per heavy atom. The maximum atomic E-state index is 12.2. The van der Waals surface area contributed by atoms with Crippen molar-refractivity contribution < 1.29 is 13.9 Å². The number of hydrogen-bond acceptors (Lipinski definition) is 6. The number of benzene rings is 2. The van der Waals surface area contributed by atoms with Gasteiger partial charge in [0.1, 0.15) is 5.75 Å². The summed E-state index contributed by atoms with van der Waals surface area (Å²) in [5.74, 6) is 0.728. The molecule has 0 unspecified atom stereocenters. The predicted octanol–water partition coefficient (Wildman–Crippen LogP) is 4.40. The molecule has 0 saturated heterocycles. The molecule has 0 aliphatic carbocycles. The van der Waals surface area contributed by atoms with Crippen LogP contribution in [0.3, 0.4) is 0 Å². The van der Waals surface area contributed by atoms with E-state index in [1.807, 2.05) is 62.4 Å². The first-order chi connectivity index (χ1) is 15.0. The van der Waals surface area contributed by atoms with Gasteiger partial charge in [-0.15, -0.1) is 0 Å². The second-order valence-electron chi connectivity index (χ2n) is 6.98. The molecule has 0 radical (unpaired) electrons. The van der Waals surface area contributed by atoms with Crippen LogP contribution in [-0.2, 0) is 4.79 Å². The number of hydrogen-bond donors (Lipinski definition) is 2. The lowest BCUT2D eigenvalue weighted by Crippen LogP contribution is -2.37. The zero-order chi connectivity index (χ0) is 21.8. The zero-order valence-electron chi connectivity index (χ0n) is 17.0. The van der Waals surface area contributed by atoms with Crippen LogP contribution in [0.15, 0.2) is 65.2 Å². The summed E-state index contributed by atoms with van der Waals surface area (Å²) in [4.78, 5) is 20.8. The zero-order valence-corrected chi connectivity index (χ0v) is 17.8. The van der Waals surface area contributed by atoms with E-state index in [2.05, 4.69) is 20.6 Å². The Hall–Kier alpha value is -3.78. The number of pyridine rings is 1. The Labute approximate surface area is 184 Å². The Morgan fingerprint density at radius 2 is 1.94 bits per heavy atom. The minimum atomic E-state index is -0.350. The second kappa shape index (κ2) is 8.93. The van der Waals surface area contributed by atoms with Crippen molar-refractivity contribution in [2.45, 2.75) is 13.8 Å². The quantitative estimate of drug-likeness (QED) is 0.452. The van der Waals surface area contributed by atoms with Crippen LogP contribution in [0.2, 0.25) is 0 Å². The van der Waals surface area contributed by atoms with Crippen molar-refractivity contribution in [3.05, 3.63) is 71.9 Å². The molecule has 0 atom stereocenters. The van der Waals surface area contributed by atoms with Gasteiger partial charge in [-0.05, 0) is 68.0 Å². The Balaban J connectivity index is 1.40. The summed E-state index contributed by atoms with van der Waals surface area (Å²) in [5, 5.41) is 5.85. The van der Waals surface area contributed by atoms with Gasteiger partial charge in [0.05, 0.1) is 0 Å². The Morgan fingerprint density at radius 1 is 1.13 bits per heavy atom. The molecule has 0 aliphatic rings. The number of carbonyl (C=O) groups is 1. The van der Waals surface area contributed by atoms with E-state index in [1.165, 1.54) is 0 Å². The van der Waals surface area contributed by atoms with Crippen molar-refractivity contribution >= 4 is 40.2 Å². The SMILES string of the molecule is Cc1ccc(OCC(=O)NC(=S)Nc2cc(-c3nc4ncccc4o3)ccc2C)cc1. The first-order valence-electron chi connectivity index (χ1n) is 9.61. The molecule has 4 aromatic rings. The number of aryl methyl sites for hydroxylation is 2. The normalized spacial score (nSPS) is 10.6. The van der Waals surface area contributed by atoms with E-state index in [-0.39, 0.29) is 17.6 Å². The van der Waals surface area contributed by atoms with Gasteiger partial charge in [0.15, 0.2) is 22.9 Å². The molecule has 2 aromatic heterocycles. The third-order valence-electron chi connectivity index (χ3n) is 4.54. The third-order valence-corrected chi connectivity index (χ3v) is 4.75. The Kier molecular flexibility index (Phi) is 5.90. The molecule has 1 amide bonds. The predicted molar refractivity (Wildman–Crippen MR) is 123 cm³/mol. The molecule has 0 fully saturated rings. The number of ether oxygens (including phenoxy) is 1. The summed E-state index contributed by atoms with van der Waals surface area (Å²) < 4.78 is 11.3. The fourth-order valence-electron chi connectivity index (χ4n) is 2.88. The van der Waals surface area contributed by atoms with E-state index >= 15 is 0 Å². The maximum Gasteiger partial charge on any atom is 0.264 e. The first-order valence-corrected chi connectivity index (χ1v) is 10.0. The van der Waals surface area contributed by atoms with Crippen molar-refractivity contribution in [3.63, 3.8) is 0 Å². The molecule has 0 aliphatic heterocycles. The van der Waals surface area contributed by atoms with Gasteiger partial charge in [-0.3, -0.25) is 10.1 Å². The summed E-state index contributed by atoms with van der Waals surface area (Å²) in [6.45, 7) is 3.78. The molecule has 2 aromatic carbocycles. The van der Waals surface area contributed by atoms with Gasteiger partial charge in [-0.1, -0.05) is 23.8 Å². The van der Waals surface area contributed by atoms with Crippen LogP contribution in [0.5, 0.6) is 5.75 Å². The van der Waals surface area contributed by atoms with Gasteiger partial charge in [0, 0.05) is 17.4 Å². The number of fused-ring (bicyclic) bond motifs is 1. The number of amides is 1. The largest absolute Gasteiger partial charge is 0.484 e. The molecule has 0 saturated carbocycles. The van der Waals surface area contributed by atoms with Crippen LogP contribution in [-0.4, -0.2) is 27.6 Å².